The first-order chi connectivity index (χ1) is 12.7. The lowest BCUT2D eigenvalue weighted by Crippen LogP contribution is -2.46. The average Bonchev–Trinajstić information content (AvgIpc) is 2.92. The zero-order valence-corrected chi connectivity index (χ0v) is 14.8. The van der Waals surface area contributed by atoms with Gasteiger partial charge in [0, 0.05) is 24.0 Å². The average molecular weight is 344 g/mol. The maximum Gasteiger partial charge on any atom is 0.261 e. The van der Waals surface area contributed by atoms with E-state index < -0.39 is 5.54 Å². The molecule has 0 spiro atoms. The molecule has 4 heteroatoms. The molecule has 1 amide bonds. The molecule has 0 aliphatic carbocycles. The molecule has 3 aromatic carbocycles. The number of fused-ring (bicyclic) bond motifs is 1. The van der Waals surface area contributed by atoms with Gasteiger partial charge in [0.15, 0.2) is 5.54 Å². The maximum atomic E-state index is 13.5. The number of methoxy groups -OCH3 is 1. The fraction of sp³-hybridized carbons (Fsp3) is 0.136. The van der Waals surface area contributed by atoms with Crippen molar-refractivity contribution in [2.45, 2.75) is 5.54 Å². The summed E-state index contributed by atoms with van der Waals surface area (Å²) in [5.74, 6) is 0.778. The number of para-hydroxylation sites is 1. The summed E-state index contributed by atoms with van der Waals surface area (Å²) in [6.45, 7) is 0. The number of hydrogen-bond acceptors (Lipinski definition) is 3. The van der Waals surface area contributed by atoms with Gasteiger partial charge in [0.1, 0.15) is 5.75 Å². The summed E-state index contributed by atoms with van der Waals surface area (Å²) in [4.78, 5) is 15.2. The molecule has 3 aromatic rings. The van der Waals surface area contributed by atoms with Crippen LogP contribution in [-0.4, -0.2) is 20.1 Å². The number of rotatable bonds is 4. The maximum absolute atomic E-state index is 13.5. The van der Waals surface area contributed by atoms with Crippen molar-refractivity contribution in [3.8, 4) is 5.75 Å². The Morgan fingerprint density at radius 1 is 0.885 bits per heavy atom. The van der Waals surface area contributed by atoms with E-state index in [0.717, 1.165) is 28.3 Å². The van der Waals surface area contributed by atoms with E-state index in [4.69, 9.17) is 4.74 Å². The van der Waals surface area contributed by atoms with Crippen molar-refractivity contribution in [3.63, 3.8) is 0 Å². The lowest BCUT2D eigenvalue weighted by Gasteiger charge is -2.31. The van der Waals surface area contributed by atoms with Crippen LogP contribution in [-0.2, 0) is 10.3 Å². The largest absolute Gasteiger partial charge is 0.497 e. The Balaban J connectivity index is 1.90. The number of hydrogen-bond donors (Lipinski definition) is 1. The Hall–Kier alpha value is -3.27. The topological polar surface area (TPSA) is 41.6 Å². The molecule has 0 saturated heterocycles. The van der Waals surface area contributed by atoms with E-state index in [1.54, 1.807) is 12.0 Å². The van der Waals surface area contributed by atoms with Gasteiger partial charge in [-0.1, -0.05) is 48.5 Å². The van der Waals surface area contributed by atoms with Crippen LogP contribution in [0.2, 0.25) is 0 Å². The van der Waals surface area contributed by atoms with Gasteiger partial charge in [-0.05, 0) is 35.9 Å². The zero-order chi connectivity index (χ0) is 18.1. The highest BCUT2D eigenvalue weighted by molar-refractivity contribution is 6.11. The first-order valence-corrected chi connectivity index (χ1v) is 8.52. The van der Waals surface area contributed by atoms with E-state index in [2.05, 4.69) is 5.32 Å². The van der Waals surface area contributed by atoms with Gasteiger partial charge >= 0.3 is 0 Å². The van der Waals surface area contributed by atoms with Crippen LogP contribution in [0.15, 0.2) is 78.9 Å². The summed E-state index contributed by atoms with van der Waals surface area (Å²) in [6, 6.07) is 25.4. The third kappa shape index (κ3) is 2.34. The van der Waals surface area contributed by atoms with E-state index in [0.29, 0.717) is 0 Å². The Labute approximate surface area is 153 Å². The molecule has 1 aliphatic rings. The van der Waals surface area contributed by atoms with Crippen LogP contribution in [0, 0.1) is 0 Å². The lowest BCUT2D eigenvalue weighted by atomic mass is 9.83. The minimum Gasteiger partial charge on any atom is -0.497 e. The van der Waals surface area contributed by atoms with E-state index in [9.17, 15) is 4.79 Å². The first-order valence-electron chi connectivity index (χ1n) is 8.52. The highest BCUT2D eigenvalue weighted by Gasteiger charge is 2.51. The van der Waals surface area contributed by atoms with Gasteiger partial charge in [0.25, 0.3) is 5.91 Å². The molecule has 1 atom stereocenters. The highest BCUT2D eigenvalue weighted by Crippen LogP contribution is 2.45. The molecule has 4 nitrogen and oxygen atoms in total. The van der Waals surface area contributed by atoms with Crippen molar-refractivity contribution < 1.29 is 9.53 Å². The van der Waals surface area contributed by atoms with E-state index in [1.165, 1.54) is 0 Å². The summed E-state index contributed by atoms with van der Waals surface area (Å²) in [5, 5.41) is 3.51. The summed E-state index contributed by atoms with van der Waals surface area (Å²) in [5.41, 5.74) is 2.68. The number of likely N-dealkylation sites (N-methyl/N-ethyl adjacent to an activating group) is 1. The van der Waals surface area contributed by atoms with Gasteiger partial charge in [-0.3, -0.25) is 4.79 Å². The number of carbonyl (C=O) groups excluding carboxylic acids is 1. The van der Waals surface area contributed by atoms with E-state index >= 15 is 0 Å². The SMILES string of the molecule is COc1ccc(N[C@]2(c3ccccc3)C(=O)N(C)c3ccccc32)cc1. The van der Waals surface area contributed by atoms with Crippen molar-refractivity contribution in [3.05, 3.63) is 90.0 Å². The molecule has 0 radical (unpaired) electrons. The lowest BCUT2D eigenvalue weighted by molar-refractivity contribution is -0.120. The minimum atomic E-state index is -0.957. The summed E-state index contributed by atoms with van der Waals surface area (Å²) >= 11 is 0. The van der Waals surface area contributed by atoms with Gasteiger partial charge in [0.2, 0.25) is 0 Å². The van der Waals surface area contributed by atoms with Gasteiger partial charge in [-0.15, -0.1) is 0 Å². The third-order valence-corrected chi connectivity index (χ3v) is 4.92. The fourth-order valence-corrected chi connectivity index (χ4v) is 3.61. The van der Waals surface area contributed by atoms with Crippen LogP contribution < -0.4 is 15.0 Å². The van der Waals surface area contributed by atoms with Gasteiger partial charge in [-0.2, -0.15) is 0 Å². The standard InChI is InChI=1S/C22H20N2O2/c1-24-20-11-7-6-10-19(20)22(21(24)25,16-8-4-3-5-9-16)23-17-12-14-18(26-2)15-13-17/h3-15,23H,1-2H3/t22-/m0/s1. The Morgan fingerprint density at radius 3 is 2.23 bits per heavy atom. The molecular formula is C22H20N2O2. The van der Waals surface area contributed by atoms with Gasteiger partial charge < -0.3 is 15.0 Å². The summed E-state index contributed by atoms with van der Waals surface area (Å²) in [7, 11) is 3.46. The number of amides is 1. The van der Waals surface area contributed by atoms with Gasteiger partial charge in [0.05, 0.1) is 7.11 Å². The molecule has 0 saturated carbocycles. The monoisotopic (exact) mass is 344 g/mol. The smallest absolute Gasteiger partial charge is 0.261 e. The number of ether oxygens (including phenoxy) is 1. The minimum absolute atomic E-state index is 0.000665. The molecule has 1 N–H and O–H groups in total. The quantitative estimate of drug-likeness (QED) is 0.777. The predicted octanol–water partition coefficient (Wildman–Crippen LogP) is 4.03. The fourth-order valence-electron chi connectivity index (χ4n) is 3.61. The number of benzene rings is 3. The first kappa shape index (κ1) is 16.2. The Kier molecular flexibility index (Phi) is 3.88. The van der Waals surface area contributed by atoms with Crippen molar-refractivity contribution in [2.75, 3.05) is 24.4 Å². The molecule has 0 aromatic heterocycles. The molecule has 0 fully saturated rings. The zero-order valence-electron chi connectivity index (χ0n) is 14.8. The van der Waals surface area contributed by atoms with Crippen molar-refractivity contribution in [2.24, 2.45) is 0 Å². The molecule has 1 aliphatic heterocycles. The van der Waals surface area contributed by atoms with Crippen LogP contribution in [0.1, 0.15) is 11.1 Å². The second-order valence-electron chi connectivity index (χ2n) is 6.35. The highest BCUT2D eigenvalue weighted by atomic mass is 16.5. The van der Waals surface area contributed by atoms with E-state index in [1.807, 2.05) is 85.9 Å². The molecule has 1 heterocycles. The summed E-state index contributed by atoms with van der Waals surface area (Å²) < 4.78 is 5.24. The van der Waals surface area contributed by atoms with Crippen LogP contribution in [0.25, 0.3) is 0 Å². The number of nitrogens with zero attached hydrogens (tertiary/aromatic N) is 1. The summed E-state index contributed by atoms with van der Waals surface area (Å²) in [6.07, 6.45) is 0. The molecule has 0 unspecified atom stereocenters. The van der Waals surface area contributed by atoms with Crippen molar-refractivity contribution in [1.29, 1.82) is 0 Å². The second kappa shape index (κ2) is 6.23. The van der Waals surface area contributed by atoms with Crippen LogP contribution >= 0.6 is 0 Å². The number of nitrogens with one attached hydrogen (secondary N) is 1. The Morgan fingerprint density at radius 2 is 1.54 bits per heavy atom. The Bertz CT molecular complexity index is 938. The van der Waals surface area contributed by atoms with Crippen LogP contribution in [0.3, 0.4) is 0 Å². The van der Waals surface area contributed by atoms with Gasteiger partial charge in [-0.25, -0.2) is 0 Å². The molecule has 26 heavy (non-hydrogen) atoms. The van der Waals surface area contributed by atoms with E-state index in [-0.39, 0.29) is 5.91 Å². The third-order valence-electron chi connectivity index (χ3n) is 4.92. The number of anilines is 2. The van der Waals surface area contributed by atoms with Crippen LogP contribution in [0.4, 0.5) is 11.4 Å². The molecule has 130 valence electrons. The van der Waals surface area contributed by atoms with Crippen molar-refractivity contribution >= 4 is 17.3 Å². The molecular weight excluding hydrogens is 324 g/mol. The normalized spacial score (nSPS) is 18.5. The van der Waals surface area contributed by atoms with Crippen molar-refractivity contribution in [1.82, 2.24) is 0 Å². The molecule has 4 rings (SSSR count). The second-order valence-corrected chi connectivity index (χ2v) is 6.35. The molecule has 0 bridgehead atoms. The van der Waals surface area contributed by atoms with Crippen LogP contribution in [0.5, 0.6) is 5.75 Å². The number of carbonyl (C=O) groups is 1. The predicted molar refractivity (Wildman–Crippen MR) is 104 cm³/mol.